The highest BCUT2D eigenvalue weighted by Gasteiger charge is 2.22. The quantitative estimate of drug-likeness (QED) is 0.372. The van der Waals surface area contributed by atoms with E-state index >= 15 is 0 Å². The highest BCUT2D eigenvalue weighted by Crippen LogP contribution is 2.20. The third-order valence-electron chi connectivity index (χ3n) is 5.66. The van der Waals surface area contributed by atoms with Gasteiger partial charge in [-0.1, -0.05) is 42.5 Å². The molecule has 0 radical (unpaired) electrons. The van der Waals surface area contributed by atoms with Crippen molar-refractivity contribution in [3.63, 3.8) is 0 Å². The van der Waals surface area contributed by atoms with Gasteiger partial charge in [0.15, 0.2) is 0 Å². The molecule has 3 rings (SSSR count). The van der Waals surface area contributed by atoms with Crippen LogP contribution in [0.25, 0.3) is 0 Å². The summed E-state index contributed by atoms with van der Waals surface area (Å²) >= 11 is 1.60. The van der Waals surface area contributed by atoms with Crippen molar-refractivity contribution in [2.75, 3.05) is 26.8 Å². The van der Waals surface area contributed by atoms with Crippen molar-refractivity contribution in [1.82, 2.24) is 9.80 Å². The molecule has 34 heavy (non-hydrogen) atoms. The Labute approximate surface area is 204 Å². The number of ether oxygens (including phenoxy) is 1. The van der Waals surface area contributed by atoms with Gasteiger partial charge in [0.25, 0.3) is 0 Å². The fourth-order valence-electron chi connectivity index (χ4n) is 3.59. The van der Waals surface area contributed by atoms with Crippen molar-refractivity contribution < 1.29 is 18.7 Å². The van der Waals surface area contributed by atoms with E-state index in [1.54, 1.807) is 40.4 Å². The maximum atomic E-state index is 13.4. The van der Waals surface area contributed by atoms with Crippen molar-refractivity contribution in [2.45, 2.75) is 32.9 Å². The number of nitrogens with zero attached hydrogens (tertiary/aromatic N) is 2. The Morgan fingerprint density at radius 3 is 2.29 bits per heavy atom. The van der Waals surface area contributed by atoms with Crippen molar-refractivity contribution in [3.8, 4) is 0 Å². The number of carbonyl (C=O) groups excluding carboxylic acids is 2. The van der Waals surface area contributed by atoms with Crippen LogP contribution in [0.1, 0.15) is 28.0 Å². The van der Waals surface area contributed by atoms with E-state index in [9.17, 15) is 14.0 Å². The molecular formula is C27H31FN2O3S. The van der Waals surface area contributed by atoms with Crippen LogP contribution in [0.15, 0.2) is 66.0 Å². The number of rotatable bonds is 12. The van der Waals surface area contributed by atoms with E-state index in [0.717, 1.165) is 21.6 Å². The maximum Gasteiger partial charge on any atom is 0.242 e. The van der Waals surface area contributed by atoms with E-state index in [-0.39, 0.29) is 24.2 Å². The fraction of sp³-hybridized carbons (Fsp3) is 0.333. The zero-order valence-electron chi connectivity index (χ0n) is 19.7. The lowest BCUT2D eigenvalue weighted by Gasteiger charge is -2.28. The summed E-state index contributed by atoms with van der Waals surface area (Å²) < 4.78 is 18.6. The van der Waals surface area contributed by atoms with Gasteiger partial charge in [0, 0.05) is 31.5 Å². The van der Waals surface area contributed by atoms with Crippen molar-refractivity contribution in [1.29, 1.82) is 0 Å². The van der Waals surface area contributed by atoms with Crippen LogP contribution in [0.2, 0.25) is 0 Å². The summed E-state index contributed by atoms with van der Waals surface area (Å²) in [7, 11) is 1.58. The molecule has 2 amide bonds. The lowest BCUT2D eigenvalue weighted by atomic mass is 10.1. The number of methoxy groups -OCH3 is 1. The molecule has 0 saturated carbocycles. The van der Waals surface area contributed by atoms with Gasteiger partial charge in [0.1, 0.15) is 5.82 Å². The molecule has 0 unspecified atom stereocenters. The molecule has 1 aromatic heterocycles. The molecule has 0 bridgehead atoms. The van der Waals surface area contributed by atoms with Gasteiger partial charge in [-0.15, -0.1) is 11.3 Å². The number of amides is 2. The SMILES string of the molecule is COCCN(CC(=O)N(Cc1ccc(F)cc1)Cc1sccc1C)C(=O)CCc1ccccc1. The number of aryl methyl sites for hydroxylation is 2. The van der Waals surface area contributed by atoms with Gasteiger partial charge in [0.05, 0.1) is 19.7 Å². The van der Waals surface area contributed by atoms with Crippen LogP contribution in [0.3, 0.4) is 0 Å². The minimum Gasteiger partial charge on any atom is -0.383 e. The number of hydrogen-bond donors (Lipinski definition) is 0. The van der Waals surface area contributed by atoms with Gasteiger partial charge in [-0.05, 0) is 53.6 Å². The molecule has 0 N–H and O–H groups in total. The molecule has 7 heteroatoms. The summed E-state index contributed by atoms with van der Waals surface area (Å²) in [6.07, 6.45) is 0.939. The molecule has 3 aromatic rings. The third-order valence-corrected chi connectivity index (χ3v) is 6.66. The van der Waals surface area contributed by atoms with Crippen LogP contribution in [0, 0.1) is 12.7 Å². The zero-order valence-corrected chi connectivity index (χ0v) is 20.5. The summed E-state index contributed by atoms with van der Waals surface area (Å²) in [5, 5.41) is 2.00. The normalized spacial score (nSPS) is 10.8. The van der Waals surface area contributed by atoms with E-state index in [1.807, 2.05) is 48.7 Å². The predicted octanol–water partition coefficient (Wildman–Crippen LogP) is 4.83. The number of halogens is 1. The Balaban J connectivity index is 1.72. The minimum absolute atomic E-state index is 0.0252. The summed E-state index contributed by atoms with van der Waals surface area (Å²) in [4.78, 5) is 30.8. The number of benzene rings is 2. The molecule has 0 fully saturated rings. The summed E-state index contributed by atoms with van der Waals surface area (Å²) in [5.74, 6) is -0.546. The van der Waals surface area contributed by atoms with E-state index in [2.05, 4.69) is 0 Å². The Hall–Kier alpha value is -3.03. The summed E-state index contributed by atoms with van der Waals surface area (Å²) in [5.41, 5.74) is 3.04. The van der Waals surface area contributed by atoms with Gasteiger partial charge < -0.3 is 14.5 Å². The smallest absolute Gasteiger partial charge is 0.242 e. The Morgan fingerprint density at radius 1 is 0.912 bits per heavy atom. The molecule has 0 aliphatic heterocycles. The second kappa shape index (κ2) is 13.0. The van der Waals surface area contributed by atoms with Crippen LogP contribution in [0.5, 0.6) is 0 Å². The van der Waals surface area contributed by atoms with Crippen LogP contribution in [-0.2, 0) is 33.8 Å². The van der Waals surface area contributed by atoms with E-state index < -0.39 is 0 Å². The third kappa shape index (κ3) is 7.78. The molecule has 1 heterocycles. The molecule has 180 valence electrons. The Kier molecular flexibility index (Phi) is 9.79. The topological polar surface area (TPSA) is 49.9 Å². The van der Waals surface area contributed by atoms with Crippen LogP contribution >= 0.6 is 11.3 Å². The number of thiophene rings is 1. The van der Waals surface area contributed by atoms with Crippen molar-refractivity contribution in [3.05, 3.63) is 93.4 Å². The monoisotopic (exact) mass is 482 g/mol. The standard InChI is InChI=1S/C27H31FN2O3S/c1-21-14-17-34-25(21)19-30(18-23-8-11-24(28)12-9-23)27(32)20-29(15-16-33-2)26(31)13-10-22-6-4-3-5-7-22/h3-9,11-12,14,17H,10,13,15-16,18-20H2,1-2H3. The molecule has 0 aliphatic rings. The molecule has 0 spiro atoms. The van der Waals surface area contributed by atoms with Crippen molar-refractivity contribution >= 4 is 23.2 Å². The molecule has 0 aliphatic carbocycles. The van der Waals surface area contributed by atoms with Crippen LogP contribution in [-0.4, -0.2) is 48.4 Å². The molecule has 0 atom stereocenters. The Bertz CT molecular complexity index is 1050. The second-order valence-electron chi connectivity index (χ2n) is 8.20. The largest absolute Gasteiger partial charge is 0.383 e. The average molecular weight is 483 g/mol. The second-order valence-corrected chi connectivity index (χ2v) is 9.20. The first-order valence-corrected chi connectivity index (χ1v) is 12.2. The molecule has 5 nitrogen and oxygen atoms in total. The summed E-state index contributed by atoms with van der Waals surface area (Å²) in [6, 6.07) is 18.0. The maximum absolute atomic E-state index is 13.4. The molecular weight excluding hydrogens is 451 g/mol. The van der Waals surface area contributed by atoms with Gasteiger partial charge in [0.2, 0.25) is 11.8 Å². The highest BCUT2D eigenvalue weighted by molar-refractivity contribution is 7.10. The first-order chi connectivity index (χ1) is 16.5. The van der Waals surface area contributed by atoms with Gasteiger partial charge in [-0.3, -0.25) is 9.59 Å². The number of hydrogen-bond acceptors (Lipinski definition) is 4. The minimum atomic E-state index is -0.314. The number of carbonyl (C=O) groups is 2. The first kappa shape index (κ1) is 25.6. The lowest BCUT2D eigenvalue weighted by molar-refractivity contribution is -0.141. The van der Waals surface area contributed by atoms with E-state index in [1.165, 1.54) is 12.1 Å². The van der Waals surface area contributed by atoms with E-state index in [4.69, 9.17) is 4.74 Å². The zero-order chi connectivity index (χ0) is 24.3. The Morgan fingerprint density at radius 2 is 1.65 bits per heavy atom. The molecule has 2 aromatic carbocycles. The van der Waals surface area contributed by atoms with E-state index in [0.29, 0.717) is 39.1 Å². The van der Waals surface area contributed by atoms with Gasteiger partial charge in [-0.25, -0.2) is 4.39 Å². The van der Waals surface area contributed by atoms with Crippen LogP contribution in [0.4, 0.5) is 4.39 Å². The summed E-state index contributed by atoms with van der Waals surface area (Å²) in [6.45, 7) is 3.47. The van der Waals surface area contributed by atoms with Gasteiger partial charge >= 0.3 is 0 Å². The lowest BCUT2D eigenvalue weighted by Crippen LogP contribution is -2.43. The average Bonchev–Trinajstić information content (AvgIpc) is 3.25. The fourth-order valence-corrected chi connectivity index (χ4v) is 4.51. The van der Waals surface area contributed by atoms with Crippen molar-refractivity contribution in [2.24, 2.45) is 0 Å². The molecule has 0 saturated heterocycles. The predicted molar refractivity (Wildman–Crippen MR) is 133 cm³/mol. The van der Waals surface area contributed by atoms with Gasteiger partial charge in [-0.2, -0.15) is 0 Å². The first-order valence-electron chi connectivity index (χ1n) is 11.3. The highest BCUT2D eigenvalue weighted by atomic mass is 32.1. The van der Waals surface area contributed by atoms with Crippen LogP contribution < -0.4 is 0 Å².